The van der Waals surface area contributed by atoms with E-state index in [2.05, 4.69) is 10.3 Å². The van der Waals surface area contributed by atoms with Gasteiger partial charge in [-0.15, -0.1) is 0 Å². The summed E-state index contributed by atoms with van der Waals surface area (Å²) in [6.07, 6.45) is 2.54. The molecule has 1 amide bonds. The largest absolute Gasteiger partial charge is 0.473 e. The van der Waals surface area contributed by atoms with Crippen LogP contribution in [0.1, 0.15) is 31.4 Å². The zero-order valence-corrected chi connectivity index (χ0v) is 13.1. The van der Waals surface area contributed by atoms with Crippen LogP contribution < -0.4 is 10.1 Å². The van der Waals surface area contributed by atoms with Crippen LogP contribution in [0.15, 0.2) is 48.7 Å². The molecule has 2 rings (SSSR count). The zero-order chi connectivity index (χ0) is 15.8. The Bertz CT molecular complexity index is 599. The highest BCUT2D eigenvalue weighted by molar-refractivity contribution is 5.78. The number of aromatic nitrogens is 1. The Morgan fingerprint density at radius 3 is 2.73 bits per heavy atom. The first-order valence-electron chi connectivity index (χ1n) is 7.58. The molecule has 1 N–H and O–H groups in total. The van der Waals surface area contributed by atoms with E-state index in [0.717, 1.165) is 17.5 Å². The normalized spacial score (nSPS) is 11.7. The number of pyridine rings is 1. The van der Waals surface area contributed by atoms with E-state index in [-0.39, 0.29) is 11.8 Å². The SMILES string of the molecule is CC[C@@H](C)C(=O)NCc1ccnc(OCc2ccccc2)c1. The quantitative estimate of drug-likeness (QED) is 0.853. The Morgan fingerprint density at radius 1 is 1.23 bits per heavy atom. The summed E-state index contributed by atoms with van der Waals surface area (Å²) in [6, 6.07) is 13.7. The first-order chi connectivity index (χ1) is 10.7. The van der Waals surface area contributed by atoms with Crippen molar-refractivity contribution in [3.8, 4) is 5.88 Å². The van der Waals surface area contributed by atoms with E-state index in [1.165, 1.54) is 0 Å². The van der Waals surface area contributed by atoms with Crippen molar-refractivity contribution in [3.63, 3.8) is 0 Å². The van der Waals surface area contributed by atoms with Crippen molar-refractivity contribution in [3.05, 3.63) is 59.8 Å². The molecule has 1 atom stereocenters. The van der Waals surface area contributed by atoms with Crippen LogP contribution in [0.2, 0.25) is 0 Å². The molecule has 0 unspecified atom stereocenters. The predicted molar refractivity (Wildman–Crippen MR) is 86.3 cm³/mol. The van der Waals surface area contributed by atoms with Gasteiger partial charge in [-0.3, -0.25) is 4.79 Å². The minimum absolute atomic E-state index is 0.0376. The first kappa shape index (κ1) is 16.0. The number of nitrogens with one attached hydrogen (secondary N) is 1. The molecule has 0 saturated carbocycles. The number of carbonyl (C=O) groups excluding carboxylic acids is 1. The second-order valence-corrected chi connectivity index (χ2v) is 5.30. The third kappa shape index (κ3) is 4.88. The molecule has 0 saturated heterocycles. The van der Waals surface area contributed by atoms with Gasteiger partial charge in [0.1, 0.15) is 6.61 Å². The molecular weight excluding hydrogens is 276 g/mol. The number of amides is 1. The van der Waals surface area contributed by atoms with Crippen LogP contribution in [-0.4, -0.2) is 10.9 Å². The Kier molecular flexibility index (Phi) is 5.95. The third-order valence-electron chi connectivity index (χ3n) is 3.56. The van der Waals surface area contributed by atoms with Gasteiger partial charge in [0.25, 0.3) is 0 Å². The highest BCUT2D eigenvalue weighted by Gasteiger charge is 2.09. The molecule has 4 heteroatoms. The molecule has 0 aliphatic carbocycles. The Balaban J connectivity index is 1.88. The standard InChI is InChI=1S/C18H22N2O2/c1-3-14(2)18(21)20-12-16-9-10-19-17(11-16)22-13-15-7-5-4-6-8-15/h4-11,14H,3,12-13H2,1-2H3,(H,20,21)/t14-/m1/s1. The van der Waals surface area contributed by atoms with E-state index in [0.29, 0.717) is 19.0 Å². The summed E-state index contributed by atoms with van der Waals surface area (Å²) in [7, 11) is 0. The third-order valence-corrected chi connectivity index (χ3v) is 3.56. The lowest BCUT2D eigenvalue weighted by atomic mass is 10.1. The number of nitrogens with zero attached hydrogens (tertiary/aromatic N) is 1. The molecule has 1 aromatic heterocycles. The van der Waals surface area contributed by atoms with Gasteiger partial charge in [-0.2, -0.15) is 0 Å². The van der Waals surface area contributed by atoms with Crippen LogP contribution in [0.25, 0.3) is 0 Å². The molecule has 116 valence electrons. The number of hydrogen-bond acceptors (Lipinski definition) is 3. The molecule has 0 aliphatic rings. The van der Waals surface area contributed by atoms with Gasteiger partial charge in [0.05, 0.1) is 0 Å². The molecule has 1 heterocycles. The summed E-state index contributed by atoms with van der Waals surface area (Å²) in [6.45, 7) is 4.91. The van der Waals surface area contributed by atoms with E-state index >= 15 is 0 Å². The second kappa shape index (κ2) is 8.17. The van der Waals surface area contributed by atoms with E-state index in [4.69, 9.17) is 4.74 Å². The number of rotatable bonds is 7. The van der Waals surface area contributed by atoms with Crippen molar-refractivity contribution < 1.29 is 9.53 Å². The monoisotopic (exact) mass is 298 g/mol. The maximum absolute atomic E-state index is 11.8. The summed E-state index contributed by atoms with van der Waals surface area (Å²) in [5.74, 6) is 0.681. The average molecular weight is 298 g/mol. The van der Waals surface area contributed by atoms with Gasteiger partial charge in [-0.1, -0.05) is 44.2 Å². The lowest BCUT2D eigenvalue weighted by molar-refractivity contribution is -0.124. The first-order valence-corrected chi connectivity index (χ1v) is 7.58. The molecule has 22 heavy (non-hydrogen) atoms. The van der Waals surface area contributed by atoms with E-state index in [9.17, 15) is 4.79 Å². The maximum atomic E-state index is 11.8. The van der Waals surface area contributed by atoms with Crippen molar-refractivity contribution in [2.75, 3.05) is 0 Å². The van der Waals surface area contributed by atoms with Crippen molar-refractivity contribution >= 4 is 5.91 Å². The van der Waals surface area contributed by atoms with Crippen LogP contribution in [0, 0.1) is 5.92 Å². The molecule has 2 aromatic rings. The summed E-state index contributed by atoms with van der Waals surface area (Å²) in [5.41, 5.74) is 2.08. The lowest BCUT2D eigenvalue weighted by Crippen LogP contribution is -2.28. The van der Waals surface area contributed by atoms with Gasteiger partial charge in [0.15, 0.2) is 0 Å². The van der Waals surface area contributed by atoms with E-state index < -0.39 is 0 Å². The van der Waals surface area contributed by atoms with Crippen LogP contribution in [0.5, 0.6) is 5.88 Å². The number of ether oxygens (including phenoxy) is 1. The molecule has 0 radical (unpaired) electrons. The number of carbonyl (C=O) groups is 1. The summed E-state index contributed by atoms with van der Waals surface area (Å²) < 4.78 is 5.68. The van der Waals surface area contributed by atoms with Crippen LogP contribution in [-0.2, 0) is 17.9 Å². The fourth-order valence-corrected chi connectivity index (χ4v) is 1.92. The lowest BCUT2D eigenvalue weighted by Gasteiger charge is -2.11. The Labute approximate surface area is 131 Å². The van der Waals surface area contributed by atoms with Gasteiger partial charge in [0.2, 0.25) is 11.8 Å². The minimum atomic E-state index is 0.0376. The van der Waals surface area contributed by atoms with Crippen molar-refractivity contribution in [1.82, 2.24) is 10.3 Å². The minimum Gasteiger partial charge on any atom is -0.473 e. The van der Waals surface area contributed by atoms with Crippen molar-refractivity contribution in [1.29, 1.82) is 0 Å². The van der Waals surface area contributed by atoms with Crippen LogP contribution >= 0.6 is 0 Å². The second-order valence-electron chi connectivity index (χ2n) is 5.30. The molecule has 4 nitrogen and oxygen atoms in total. The fraction of sp³-hybridized carbons (Fsp3) is 0.333. The van der Waals surface area contributed by atoms with Gasteiger partial charge >= 0.3 is 0 Å². The topological polar surface area (TPSA) is 51.2 Å². The summed E-state index contributed by atoms with van der Waals surface area (Å²) in [5, 5.41) is 2.93. The molecule has 0 aliphatic heterocycles. The smallest absolute Gasteiger partial charge is 0.223 e. The van der Waals surface area contributed by atoms with E-state index in [1.807, 2.05) is 56.3 Å². The van der Waals surface area contributed by atoms with Crippen LogP contribution in [0.4, 0.5) is 0 Å². The molecule has 0 fully saturated rings. The molecular formula is C18H22N2O2. The van der Waals surface area contributed by atoms with Gasteiger partial charge in [-0.25, -0.2) is 4.98 Å². The summed E-state index contributed by atoms with van der Waals surface area (Å²) >= 11 is 0. The van der Waals surface area contributed by atoms with Gasteiger partial charge < -0.3 is 10.1 Å². The van der Waals surface area contributed by atoms with Crippen molar-refractivity contribution in [2.24, 2.45) is 5.92 Å². The molecule has 0 bridgehead atoms. The van der Waals surface area contributed by atoms with E-state index in [1.54, 1.807) is 6.20 Å². The number of benzene rings is 1. The highest BCUT2D eigenvalue weighted by Crippen LogP contribution is 2.12. The molecule has 0 spiro atoms. The van der Waals surface area contributed by atoms with Crippen molar-refractivity contribution in [2.45, 2.75) is 33.4 Å². The van der Waals surface area contributed by atoms with Gasteiger partial charge in [-0.05, 0) is 23.6 Å². The summed E-state index contributed by atoms with van der Waals surface area (Å²) in [4.78, 5) is 16.0. The van der Waals surface area contributed by atoms with Gasteiger partial charge in [0, 0.05) is 24.7 Å². The fourth-order valence-electron chi connectivity index (χ4n) is 1.92. The predicted octanol–water partition coefficient (Wildman–Crippen LogP) is 3.32. The number of hydrogen-bond donors (Lipinski definition) is 1. The maximum Gasteiger partial charge on any atom is 0.223 e. The highest BCUT2D eigenvalue weighted by atomic mass is 16.5. The van der Waals surface area contributed by atoms with Crippen LogP contribution in [0.3, 0.4) is 0 Å². The average Bonchev–Trinajstić information content (AvgIpc) is 2.58. The Morgan fingerprint density at radius 2 is 2.00 bits per heavy atom. The molecule has 1 aromatic carbocycles. The zero-order valence-electron chi connectivity index (χ0n) is 13.1. The Hall–Kier alpha value is -2.36.